The standard InChI is InChI=1S/C41H49N7O7S/c1-5-29-24-41(29,38(51)46-56(53,54)31-19-20-31)43-36(49)32-23-30-25-47(32)37(50)35(40(2,3)4)42-39(52)55-21-12-7-6-9-14-26-15-13-18-28(22-26)34-33(44-48(30)45-34)27-16-10-8-11-17-27/h5,8-11,13-18,22,29-32,35H,1,6-7,12,19-21,23-25H2,2-4H3,(H,42,52)(H,43,49)(H,46,51)/t29-,30-,32+,35-,41-/m1/s1. The number of cyclic esters (lactones) is 1. The minimum absolute atomic E-state index is 0.00545. The number of carbonyl (C=O) groups excluding carboxylic acids is 4. The summed E-state index contributed by atoms with van der Waals surface area (Å²) < 4.78 is 33.2. The molecule has 0 radical (unpaired) electrons. The van der Waals surface area contributed by atoms with Crippen LogP contribution in [0.2, 0.25) is 0 Å². The molecule has 2 saturated carbocycles. The average molecular weight is 784 g/mol. The number of benzene rings is 2. The molecule has 3 heterocycles. The molecule has 4 aliphatic rings. The van der Waals surface area contributed by atoms with Crippen LogP contribution in [0.15, 0.2) is 73.3 Å². The Bertz CT molecular complexity index is 2160. The van der Waals surface area contributed by atoms with Crippen LogP contribution in [0.5, 0.6) is 0 Å². The summed E-state index contributed by atoms with van der Waals surface area (Å²) in [6, 6.07) is 14.8. The molecule has 0 spiro atoms. The Kier molecular flexibility index (Phi) is 10.7. The molecule has 3 fully saturated rings. The first-order valence-corrected chi connectivity index (χ1v) is 20.8. The third kappa shape index (κ3) is 8.13. The normalized spacial score (nSPS) is 25.7. The number of fused-ring (bicyclic) bond motifs is 8. The van der Waals surface area contributed by atoms with Crippen molar-refractivity contribution in [2.45, 2.75) is 94.6 Å². The molecule has 0 unspecified atom stereocenters. The van der Waals surface area contributed by atoms with E-state index in [1.165, 1.54) is 11.0 Å². The van der Waals surface area contributed by atoms with Gasteiger partial charge in [-0.05, 0) is 55.6 Å². The zero-order valence-corrected chi connectivity index (χ0v) is 32.8. The van der Waals surface area contributed by atoms with E-state index in [0.717, 1.165) is 29.5 Å². The van der Waals surface area contributed by atoms with Gasteiger partial charge in [0.15, 0.2) is 0 Å². The van der Waals surface area contributed by atoms with Gasteiger partial charge in [0.2, 0.25) is 21.8 Å². The molecule has 14 nitrogen and oxygen atoms in total. The highest BCUT2D eigenvalue weighted by Crippen LogP contribution is 2.46. The minimum Gasteiger partial charge on any atom is -0.450 e. The van der Waals surface area contributed by atoms with Gasteiger partial charge in [-0.15, -0.1) is 6.58 Å². The van der Waals surface area contributed by atoms with Crippen LogP contribution in [0.1, 0.15) is 77.3 Å². The quantitative estimate of drug-likeness (QED) is 0.285. The molecule has 1 saturated heterocycles. The van der Waals surface area contributed by atoms with Gasteiger partial charge in [0.05, 0.1) is 17.9 Å². The van der Waals surface area contributed by atoms with Crippen LogP contribution >= 0.6 is 0 Å². The van der Waals surface area contributed by atoms with Gasteiger partial charge in [-0.25, -0.2) is 13.2 Å². The zero-order valence-electron chi connectivity index (χ0n) is 31.9. The molecule has 15 heteroatoms. The Morgan fingerprint density at radius 2 is 1.73 bits per heavy atom. The molecule has 2 aromatic carbocycles. The number of hydrogen-bond donors (Lipinski definition) is 3. The number of sulfonamides is 1. The van der Waals surface area contributed by atoms with Crippen molar-refractivity contribution in [3.8, 4) is 22.5 Å². The monoisotopic (exact) mass is 783 g/mol. The van der Waals surface area contributed by atoms with Crippen LogP contribution in [-0.2, 0) is 29.1 Å². The fraction of sp³-hybridized carbons (Fsp3) is 0.463. The second-order valence-corrected chi connectivity index (χ2v) is 18.2. The number of nitrogens with zero attached hydrogens (tertiary/aromatic N) is 4. The first kappa shape index (κ1) is 38.9. The number of rotatable bonds is 7. The molecule has 6 bridgehead atoms. The van der Waals surface area contributed by atoms with E-state index in [-0.39, 0.29) is 26.0 Å². The summed E-state index contributed by atoms with van der Waals surface area (Å²) in [5, 5.41) is 15.0. The molecular weight excluding hydrogens is 735 g/mol. The molecule has 7 rings (SSSR count). The van der Waals surface area contributed by atoms with Gasteiger partial charge in [-0.1, -0.05) is 87.5 Å². The molecule has 1 aromatic heterocycles. The van der Waals surface area contributed by atoms with Crippen molar-refractivity contribution >= 4 is 39.9 Å². The fourth-order valence-electron chi connectivity index (χ4n) is 7.47. The van der Waals surface area contributed by atoms with Gasteiger partial charge in [0.25, 0.3) is 5.91 Å². The minimum atomic E-state index is -3.91. The number of hydrogen-bond acceptors (Lipinski definition) is 9. The largest absolute Gasteiger partial charge is 0.450 e. The third-order valence-electron chi connectivity index (χ3n) is 11.0. The second kappa shape index (κ2) is 15.3. The van der Waals surface area contributed by atoms with Crippen molar-refractivity contribution in [1.82, 2.24) is 35.2 Å². The number of ether oxygens (including phenoxy) is 1. The smallest absolute Gasteiger partial charge is 0.407 e. The number of carbonyl (C=O) groups is 4. The van der Waals surface area contributed by atoms with Gasteiger partial charge in [0.1, 0.15) is 29.0 Å². The summed E-state index contributed by atoms with van der Waals surface area (Å²) in [5.41, 5.74) is 1.55. The summed E-state index contributed by atoms with van der Waals surface area (Å²) >= 11 is 0. The maximum absolute atomic E-state index is 14.7. The van der Waals surface area contributed by atoms with Gasteiger partial charge in [0, 0.05) is 30.0 Å². The first-order chi connectivity index (χ1) is 26.7. The van der Waals surface area contributed by atoms with Gasteiger partial charge >= 0.3 is 6.09 Å². The summed E-state index contributed by atoms with van der Waals surface area (Å²) in [4.78, 5) is 58.9. The van der Waals surface area contributed by atoms with Crippen molar-refractivity contribution in [1.29, 1.82) is 0 Å². The highest BCUT2D eigenvalue weighted by Gasteiger charge is 2.62. The lowest BCUT2D eigenvalue weighted by Gasteiger charge is -2.35. The van der Waals surface area contributed by atoms with Gasteiger partial charge in [-0.3, -0.25) is 19.1 Å². The average Bonchev–Trinajstić information content (AvgIpc) is 4.05. The molecule has 5 atom stereocenters. The Morgan fingerprint density at radius 1 is 1.02 bits per heavy atom. The lowest BCUT2D eigenvalue weighted by atomic mass is 9.85. The Labute approximate surface area is 327 Å². The summed E-state index contributed by atoms with van der Waals surface area (Å²) in [6.45, 7) is 9.40. The first-order valence-electron chi connectivity index (χ1n) is 19.2. The summed E-state index contributed by atoms with van der Waals surface area (Å²) in [6.07, 6.45) is 8.21. The van der Waals surface area contributed by atoms with Crippen molar-refractivity contribution in [3.63, 3.8) is 0 Å². The van der Waals surface area contributed by atoms with E-state index >= 15 is 0 Å². The number of nitrogens with one attached hydrogen (secondary N) is 3. The fourth-order valence-corrected chi connectivity index (χ4v) is 8.84. The highest BCUT2D eigenvalue weighted by atomic mass is 32.2. The van der Waals surface area contributed by atoms with E-state index in [2.05, 4.69) is 28.0 Å². The molecule has 2 aliphatic heterocycles. The predicted molar refractivity (Wildman–Crippen MR) is 210 cm³/mol. The van der Waals surface area contributed by atoms with Crippen LogP contribution in [0.25, 0.3) is 28.6 Å². The van der Waals surface area contributed by atoms with E-state index in [0.29, 0.717) is 30.7 Å². The molecular formula is C41H49N7O7S. The molecule has 296 valence electrons. The van der Waals surface area contributed by atoms with Crippen LogP contribution in [0.4, 0.5) is 4.79 Å². The van der Waals surface area contributed by atoms with Crippen molar-refractivity contribution in [3.05, 3.63) is 78.9 Å². The maximum atomic E-state index is 14.7. The van der Waals surface area contributed by atoms with Gasteiger partial charge < -0.3 is 20.3 Å². The van der Waals surface area contributed by atoms with E-state index < -0.39 is 74.1 Å². The van der Waals surface area contributed by atoms with E-state index in [9.17, 15) is 27.6 Å². The van der Waals surface area contributed by atoms with Crippen LogP contribution in [-0.4, -0.2) is 88.2 Å². The Balaban J connectivity index is 1.28. The Hall–Kier alpha value is -5.31. The lowest BCUT2D eigenvalue weighted by molar-refractivity contribution is -0.142. The number of allylic oxidation sites excluding steroid dienone is 1. The summed E-state index contributed by atoms with van der Waals surface area (Å²) in [7, 11) is -3.91. The lowest BCUT2D eigenvalue weighted by Crippen LogP contribution is -2.60. The number of aromatic nitrogens is 3. The zero-order chi connectivity index (χ0) is 39.8. The third-order valence-corrected chi connectivity index (χ3v) is 12.8. The van der Waals surface area contributed by atoms with Crippen LogP contribution in [0, 0.1) is 11.3 Å². The maximum Gasteiger partial charge on any atom is 0.407 e. The van der Waals surface area contributed by atoms with Crippen LogP contribution in [0.3, 0.4) is 0 Å². The van der Waals surface area contributed by atoms with E-state index in [1.54, 1.807) is 4.80 Å². The molecule has 4 amide bonds. The highest BCUT2D eigenvalue weighted by molar-refractivity contribution is 7.91. The van der Waals surface area contributed by atoms with E-state index in [1.807, 2.05) is 81.4 Å². The second-order valence-electron chi connectivity index (χ2n) is 16.3. The number of amides is 4. The molecule has 2 aliphatic carbocycles. The Morgan fingerprint density at radius 3 is 2.41 bits per heavy atom. The number of alkyl carbamates (subject to hydrolysis) is 1. The molecule has 3 aromatic rings. The van der Waals surface area contributed by atoms with Crippen molar-refractivity contribution in [2.24, 2.45) is 11.3 Å². The molecule has 56 heavy (non-hydrogen) atoms. The van der Waals surface area contributed by atoms with Crippen molar-refractivity contribution < 1.29 is 32.3 Å². The van der Waals surface area contributed by atoms with Crippen molar-refractivity contribution in [2.75, 3.05) is 13.2 Å². The predicted octanol–water partition coefficient (Wildman–Crippen LogP) is 4.76. The topological polar surface area (TPSA) is 182 Å². The van der Waals surface area contributed by atoms with E-state index in [4.69, 9.17) is 14.9 Å². The van der Waals surface area contributed by atoms with Crippen LogP contribution < -0.4 is 15.4 Å². The van der Waals surface area contributed by atoms with Gasteiger partial charge in [-0.2, -0.15) is 15.0 Å². The summed E-state index contributed by atoms with van der Waals surface area (Å²) in [5.74, 6) is -2.52. The molecule has 3 N–H and O–H groups in total. The SMILES string of the molecule is C=C[C@@H]1C[C@]1(NC(=O)[C@@H]1C[C@@H]2CN1C(=O)[C@H](C(C)(C)C)NC(=O)OCCCCC=Cc1cccc(c1)-c1nn2nc1-c1ccccc1)C(=O)NS(=O)(=O)C1CC1.